The van der Waals surface area contributed by atoms with Gasteiger partial charge in [0.25, 0.3) is 0 Å². The fraction of sp³-hybridized carbons (Fsp3) is 1.00. The van der Waals surface area contributed by atoms with Gasteiger partial charge in [-0.2, -0.15) is 0 Å². The molecule has 0 fully saturated rings. The third-order valence-corrected chi connectivity index (χ3v) is 1.57. The second-order valence-electron chi connectivity index (χ2n) is 3.87. The van der Waals surface area contributed by atoms with Gasteiger partial charge >= 0.3 is 0 Å². The van der Waals surface area contributed by atoms with Crippen molar-refractivity contribution in [3.05, 3.63) is 0 Å². The van der Waals surface area contributed by atoms with Crippen LogP contribution in [0.1, 0.15) is 40.5 Å². The fourth-order valence-corrected chi connectivity index (χ4v) is 1.18. The van der Waals surface area contributed by atoms with Crippen LogP contribution in [0.15, 0.2) is 0 Å². The largest absolute Gasteiger partial charge is 0.373 e. The van der Waals surface area contributed by atoms with Gasteiger partial charge in [0.05, 0.1) is 11.7 Å². The maximum absolute atomic E-state index is 5.68. The van der Waals surface area contributed by atoms with E-state index in [-0.39, 0.29) is 5.60 Å². The van der Waals surface area contributed by atoms with Gasteiger partial charge in [-0.3, -0.25) is 0 Å². The van der Waals surface area contributed by atoms with Crippen molar-refractivity contribution in [2.75, 3.05) is 5.88 Å². The highest BCUT2D eigenvalue weighted by Gasteiger charge is 2.14. The summed E-state index contributed by atoms with van der Waals surface area (Å²) in [6.45, 7) is 8.32. The average molecular weight is 179 g/mol. The molecule has 0 spiro atoms. The molecule has 0 aromatic rings. The molecule has 0 aromatic heterocycles. The molecular formula is C9H19ClO. The summed E-state index contributed by atoms with van der Waals surface area (Å²) >= 11 is 5.56. The van der Waals surface area contributed by atoms with Crippen LogP contribution in [0.4, 0.5) is 0 Å². The molecule has 0 aliphatic rings. The normalized spacial score (nSPS) is 15.0. The van der Waals surface area contributed by atoms with Crippen LogP contribution in [-0.4, -0.2) is 17.6 Å². The first kappa shape index (κ1) is 11.2. The van der Waals surface area contributed by atoms with Crippen molar-refractivity contribution in [1.82, 2.24) is 0 Å². The molecule has 0 radical (unpaired) electrons. The van der Waals surface area contributed by atoms with Crippen LogP contribution in [0.5, 0.6) is 0 Å². The Hall–Kier alpha value is 0.250. The molecule has 0 saturated heterocycles. The van der Waals surface area contributed by atoms with Gasteiger partial charge in [0.15, 0.2) is 0 Å². The van der Waals surface area contributed by atoms with Crippen molar-refractivity contribution in [3.8, 4) is 0 Å². The lowest BCUT2D eigenvalue weighted by Gasteiger charge is -2.24. The molecule has 0 aliphatic carbocycles. The van der Waals surface area contributed by atoms with Crippen LogP contribution in [0, 0.1) is 0 Å². The zero-order valence-corrected chi connectivity index (χ0v) is 8.74. The molecule has 0 N–H and O–H groups in total. The van der Waals surface area contributed by atoms with Gasteiger partial charge in [-0.15, -0.1) is 11.6 Å². The quantitative estimate of drug-likeness (QED) is 0.601. The minimum atomic E-state index is -0.0221. The lowest BCUT2D eigenvalue weighted by atomic mass is 10.1. The second kappa shape index (κ2) is 5.00. The van der Waals surface area contributed by atoms with E-state index in [1.54, 1.807) is 0 Å². The second-order valence-corrected chi connectivity index (χ2v) is 4.25. The molecule has 0 bridgehead atoms. The minimum Gasteiger partial charge on any atom is -0.373 e. The van der Waals surface area contributed by atoms with E-state index in [1.807, 2.05) is 0 Å². The highest BCUT2D eigenvalue weighted by Crippen LogP contribution is 2.13. The van der Waals surface area contributed by atoms with Crippen molar-refractivity contribution in [1.29, 1.82) is 0 Å². The van der Waals surface area contributed by atoms with Crippen LogP contribution in [-0.2, 0) is 4.74 Å². The first-order valence-electron chi connectivity index (χ1n) is 4.19. The van der Waals surface area contributed by atoms with E-state index in [2.05, 4.69) is 27.7 Å². The number of alkyl halides is 1. The summed E-state index contributed by atoms with van der Waals surface area (Å²) in [6.07, 6.45) is 2.42. The van der Waals surface area contributed by atoms with Gasteiger partial charge in [-0.05, 0) is 40.5 Å². The number of halogens is 1. The number of hydrogen-bond donors (Lipinski definition) is 0. The summed E-state index contributed by atoms with van der Waals surface area (Å²) in [7, 11) is 0. The fourth-order valence-electron chi connectivity index (χ4n) is 1.03. The van der Waals surface area contributed by atoms with E-state index >= 15 is 0 Å². The maximum atomic E-state index is 5.68. The Morgan fingerprint density at radius 1 is 1.36 bits per heavy atom. The van der Waals surface area contributed by atoms with Crippen LogP contribution in [0.2, 0.25) is 0 Å². The zero-order valence-electron chi connectivity index (χ0n) is 7.98. The highest BCUT2D eigenvalue weighted by atomic mass is 35.5. The van der Waals surface area contributed by atoms with Crippen molar-refractivity contribution < 1.29 is 4.74 Å². The Morgan fingerprint density at radius 2 is 1.91 bits per heavy atom. The van der Waals surface area contributed by atoms with Crippen LogP contribution in [0.3, 0.4) is 0 Å². The topological polar surface area (TPSA) is 9.23 Å². The van der Waals surface area contributed by atoms with E-state index in [1.165, 1.54) is 0 Å². The average Bonchev–Trinajstić information content (AvgIpc) is 1.79. The molecule has 0 heterocycles. The Kier molecular flexibility index (Phi) is 5.11. The molecule has 68 valence electrons. The number of ether oxygens (including phenoxy) is 1. The van der Waals surface area contributed by atoms with Gasteiger partial charge in [-0.1, -0.05) is 0 Å². The molecule has 0 rings (SSSR count). The minimum absolute atomic E-state index is 0.0221. The Bertz CT molecular complexity index is 96.2. The van der Waals surface area contributed by atoms with E-state index in [9.17, 15) is 0 Å². The molecular weight excluding hydrogens is 160 g/mol. The Balaban J connectivity index is 3.44. The van der Waals surface area contributed by atoms with Crippen LogP contribution < -0.4 is 0 Å². The Labute approximate surface area is 75.1 Å². The van der Waals surface area contributed by atoms with Gasteiger partial charge in [-0.25, -0.2) is 0 Å². The van der Waals surface area contributed by atoms with Crippen molar-refractivity contribution in [2.24, 2.45) is 0 Å². The summed E-state index contributed by atoms with van der Waals surface area (Å²) in [4.78, 5) is 0. The lowest BCUT2D eigenvalue weighted by Crippen LogP contribution is -2.25. The van der Waals surface area contributed by atoms with E-state index in [0.29, 0.717) is 6.10 Å². The summed E-state index contributed by atoms with van der Waals surface area (Å²) in [5, 5.41) is 0. The highest BCUT2D eigenvalue weighted by molar-refractivity contribution is 6.17. The predicted molar refractivity (Wildman–Crippen MR) is 50.3 cm³/mol. The Morgan fingerprint density at radius 3 is 2.27 bits per heavy atom. The van der Waals surface area contributed by atoms with Gasteiger partial charge in [0.1, 0.15) is 0 Å². The summed E-state index contributed by atoms with van der Waals surface area (Å²) in [5.41, 5.74) is -0.0221. The molecule has 1 atom stereocenters. The van der Waals surface area contributed by atoms with E-state index in [0.717, 1.165) is 18.7 Å². The monoisotopic (exact) mass is 178 g/mol. The SMILES string of the molecule is CC(CCCCl)OC(C)(C)C. The van der Waals surface area contributed by atoms with E-state index < -0.39 is 0 Å². The molecule has 0 saturated carbocycles. The smallest absolute Gasteiger partial charge is 0.0602 e. The zero-order chi connectivity index (χ0) is 8.91. The molecule has 0 amide bonds. The van der Waals surface area contributed by atoms with Crippen molar-refractivity contribution >= 4 is 11.6 Å². The van der Waals surface area contributed by atoms with Crippen LogP contribution >= 0.6 is 11.6 Å². The molecule has 1 unspecified atom stereocenters. The first-order valence-corrected chi connectivity index (χ1v) is 4.73. The molecule has 0 aromatic carbocycles. The van der Waals surface area contributed by atoms with Crippen LogP contribution in [0.25, 0.3) is 0 Å². The molecule has 11 heavy (non-hydrogen) atoms. The third-order valence-electron chi connectivity index (χ3n) is 1.30. The lowest BCUT2D eigenvalue weighted by molar-refractivity contribution is -0.0542. The van der Waals surface area contributed by atoms with Gasteiger partial charge in [0, 0.05) is 5.88 Å². The van der Waals surface area contributed by atoms with E-state index in [4.69, 9.17) is 16.3 Å². The predicted octanol–water partition coefficient (Wildman–Crippen LogP) is 3.21. The summed E-state index contributed by atoms with van der Waals surface area (Å²) in [6, 6.07) is 0. The molecule has 1 nitrogen and oxygen atoms in total. The summed E-state index contributed by atoms with van der Waals surface area (Å²) in [5.74, 6) is 0.734. The number of rotatable bonds is 4. The van der Waals surface area contributed by atoms with Crippen molar-refractivity contribution in [3.63, 3.8) is 0 Å². The first-order chi connectivity index (χ1) is 4.95. The molecule has 0 aliphatic heterocycles. The maximum Gasteiger partial charge on any atom is 0.0602 e. The number of hydrogen-bond acceptors (Lipinski definition) is 1. The van der Waals surface area contributed by atoms with Gasteiger partial charge in [0.2, 0.25) is 0 Å². The standard InChI is InChI=1S/C9H19ClO/c1-8(6-5-7-10)11-9(2,3)4/h8H,5-7H2,1-4H3. The molecule has 2 heteroatoms. The third kappa shape index (κ3) is 8.15. The van der Waals surface area contributed by atoms with Gasteiger partial charge < -0.3 is 4.74 Å². The summed E-state index contributed by atoms with van der Waals surface area (Å²) < 4.78 is 5.68. The van der Waals surface area contributed by atoms with Crippen molar-refractivity contribution in [2.45, 2.75) is 52.2 Å².